The number of amides is 2. The summed E-state index contributed by atoms with van der Waals surface area (Å²) in [6, 6.07) is 3.48. The van der Waals surface area contributed by atoms with E-state index in [1.165, 1.54) is 12.1 Å². The van der Waals surface area contributed by atoms with Crippen molar-refractivity contribution in [1.29, 1.82) is 0 Å². The number of piperidine rings is 1. The van der Waals surface area contributed by atoms with Gasteiger partial charge >= 0.3 is 18.2 Å². The van der Waals surface area contributed by atoms with Crippen molar-refractivity contribution in [2.45, 2.75) is 51.3 Å². The van der Waals surface area contributed by atoms with Gasteiger partial charge in [0.05, 0.1) is 0 Å². The number of hydrogen-bond donors (Lipinski definition) is 1. The molecule has 1 aliphatic rings. The molecule has 0 aromatic heterocycles. The summed E-state index contributed by atoms with van der Waals surface area (Å²) >= 11 is 0. The van der Waals surface area contributed by atoms with Gasteiger partial charge < -0.3 is 15.0 Å². The Morgan fingerprint density at radius 1 is 1.15 bits per heavy atom. The largest absolute Gasteiger partial charge is 0.471 e. The van der Waals surface area contributed by atoms with Gasteiger partial charge in [-0.2, -0.15) is 13.2 Å². The monoisotopic (exact) mass is 390 g/mol. The molecule has 0 spiro atoms. The van der Waals surface area contributed by atoms with Gasteiger partial charge in [-0.05, 0) is 57.2 Å². The highest BCUT2D eigenvalue weighted by molar-refractivity contribution is 5.94. The van der Waals surface area contributed by atoms with Crippen LogP contribution in [-0.4, -0.2) is 41.8 Å². The van der Waals surface area contributed by atoms with E-state index in [9.17, 15) is 27.2 Å². The smallest absolute Gasteiger partial charge is 0.444 e. The van der Waals surface area contributed by atoms with E-state index in [1.807, 2.05) is 0 Å². The Balaban J connectivity index is 1.98. The molecule has 150 valence electrons. The molecule has 9 heteroatoms. The van der Waals surface area contributed by atoms with Crippen molar-refractivity contribution in [3.8, 4) is 0 Å². The summed E-state index contributed by atoms with van der Waals surface area (Å²) in [5.74, 6) is -3.01. The molecule has 27 heavy (non-hydrogen) atoms. The molecule has 1 aliphatic heterocycles. The van der Waals surface area contributed by atoms with E-state index in [-0.39, 0.29) is 11.6 Å². The van der Waals surface area contributed by atoms with Gasteiger partial charge in [-0.1, -0.05) is 6.07 Å². The minimum absolute atomic E-state index is 0.170. The lowest BCUT2D eigenvalue weighted by atomic mass is 9.89. The average Bonchev–Trinajstić information content (AvgIpc) is 2.52. The number of anilines is 1. The predicted octanol–water partition coefficient (Wildman–Crippen LogP) is 4.44. The van der Waals surface area contributed by atoms with Crippen LogP contribution in [0.5, 0.6) is 0 Å². The van der Waals surface area contributed by atoms with Crippen molar-refractivity contribution in [2.75, 3.05) is 18.4 Å². The second kappa shape index (κ2) is 7.74. The maximum atomic E-state index is 14.3. The zero-order valence-corrected chi connectivity index (χ0v) is 15.3. The molecule has 2 amide bonds. The van der Waals surface area contributed by atoms with Crippen LogP contribution >= 0.6 is 0 Å². The van der Waals surface area contributed by atoms with Gasteiger partial charge in [-0.15, -0.1) is 0 Å². The maximum absolute atomic E-state index is 14.3. The maximum Gasteiger partial charge on any atom is 0.471 e. The lowest BCUT2D eigenvalue weighted by Gasteiger charge is -2.33. The van der Waals surface area contributed by atoms with Gasteiger partial charge in [-0.3, -0.25) is 4.79 Å². The van der Waals surface area contributed by atoms with E-state index >= 15 is 0 Å². The van der Waals surface area contributed by atoms with E-state index < -0.39 is 29.6 Å². The fourth-order valence-corrected chi connectivity index (χ4v) is 2.84. The molecule has 0 saturated carbocycles. The number of ether oxygens (including phenoxy) is 1. The lowest BCUT2D eigenvalue weighted by molar-refractivity contribution is -0.167. The molecule has 2 rings (SSSR count). The van der Waals surface area contributed by atoms with Gasteiger partial charge in [0.2, 0.25) is 0 Å². The molecule has 5 nitrogen and oxygen atoms in total. The summed E-state index contributed by atoms with van der Waals surface area (Å²) in [5, 5.41) is 1.62. The topological polar surface area (TPSA) is 58.6 Å². The van der Waals surface area contributed by atoms with Gasteiger partial charge in [0, 0.05) is 18.8 Å². The number of nitrogens with one attached hydrogen (secondary N) is 1. The highest BCUT2D eigenvalue weighted by atomic mass is 19.4. The molecule has 1 aromatic rings. The van der Waals surface area contributed by atoms with Crippen molar-refractivity contribution in [2.24, 2.45) is 0 Å². The van der Waals surface area contributed by atoms with Crippen LogP contribution in [0.25, 0.3) is 0 Å². The quantitative estimate of drug-likeness (QED) is 0.760. The summed E-state index contributed by atoms with van der Waals surface area (Å²) in [5.41, 5.74) is -0.509. The number of benzene rings is 1. The van der Waals surface area contributed by atoms with E-state index in [0.717, 1.165) is 6.07 Å². The Bertz CT molecular complexity index is 706. The Labute approximate surface area is 154 Å². The van der Waals surface area contributed by atoms with Gasteiger partial charge in [0.25, 0.3) is 0 Å². The van der Waals surface area contributed by atoms with Crippen LogP contribution in [0.4, 0.5) is 28.0 Å². The molecule has 1 heterocycles. The normalized spacial score (nSPS) is 16.2. The minimum Gasteiger partial charge on any atom is -0.444 e. The zero-order chi connectivity index (χ0) is 20.4. The highest BCUT2D eigenvalue weighted by Gasteiger charge is 2.38. The molecule has 0 atom stereocenters. The van der Waals surface area contributed by atoms with Gasteiger partial charge in [0.1, 0.15) is 11.4 Å². The molecule has 0 aliphatic carbocycles. The fourth-order valence-electron chi connectivity index (χ4n) is 2.84. The van der Waals surface area contributed by atoms with E-state index in [4.69, 9.17) is 4.74 Å². The third-order valence-corrected chi connectivity index (χ3v) is 4.10. The van der Waals surface area contributed by atoms with Crippen LogP contribution in [0.15, 0.2) is 18.2 Å². The molecule has 0 unspecified atom stereocenters. The Morgan fingerprint density at radius 2 is 1.74 bits per heavy atom. The molecule has 1 aromatic carbocycles. The number of carbonyl (C=O) groups is 2. The second-order valence-corrected chi connectivity index (χ2v) is 7.43. The number of carbonyl (C=O) groups excluding carboxylic acids is 2. The lowest BCUT2D eigenvalue weighted by Crippen LogP contribution is -2.41. The average molecular weight is 390 g/mol. The summed E-state index contributed by atoms with van der Waals surface area (Å²) in [4.78, 5) is 24.5. The summed E-state index contributed by atoms with van der Waals surface area (Å²) in [6.45, 7) is 6.10. The molecule has 1 fully saturated rings. The molecular weight excluding hydrogens is 368 g/mol. The number of likely N-dealkylation sites (tertiary alicyclic amines) is 1. The molecule has 0 bridgehead atoms. The first-order valence-electron chi connectivity index (χ1n) is 8.52. The van der Waals surface area contributed by atoms with Crippen LogP contribution in [0.1, 0.15) is 45.1 Å². The molecule has 1 N–H and O–H groups in total. The first-order chi connectivity index (χ1) is 12.4. The zero-order valence-electron chi connectivity index (χ0n) is 15.3. The Hall–Kier alpha value is -2.32. The number of halogens is 4. The van der Waals surface area contributed by atoms with E-state index in [2.05, 4.69) is 0 Å². The SMILES string of the molecule is CC(C)(C)OC(=O)N1CCC(c2ccc(NC(=O)C(F)(F)F)cc2F)CC1. The first kappa shape index (κ1) is 21.0. The van der Waals surface area contributed by atoms with Crippen molar-refractivity contribution in [3.05, 3.63) is 29.6 Å². The van der Waals surface area contributed by atoms with Gasteiger partial charge in [-0.25, -0.2) is 9.18 Å². The summed E-state index contributed by atoms with van der Waals surface area (Å²) < 4.78 is 56.4. The Morgan fingerprint density at radius 3 is 2.22 bits per heavy atom. The van der Waals surface area contributed by atoms with Crippen LogP contribution in [0, 0.1) is 5.82 Å². The highest BCUT2D eigenvalue weighted by Crippen LogP contribution is 2.32. The molecule has 0 radical (unpaired) electrons. The van der Waals surface area contributed by atoms with E-state index in [1.54, 1.807) is 31.0 Å². The van der Waals surface area contributed by atoms with Crippen LogP contribution < -0.4 is 5.32 Å². The van der Waals surface area contributed by atoms with Gasteiger partial charge in [0.15, 0.2) is 0 Å². The Kier molecular flexibility index (Phi) is 6.01. The fraction of sp³-hybridized carbons (Fsp3) is 0.556. The molecular formula is C18H22F4N2O3. The first-order valence-corrected chi connectivity index (χ1v) is 8.52. The standard InChI is InChI=1S/C18H22F4N2O3/c1-17(2,3)27-16(26)24-8-6-11(7-9-24)13-5-4-12(10-14(13)19)23-15(25)18(20,21)22/h4-5,10-11H,6-9H2,1-3H3,(H,23,25). The van der Waals surface area contributed by atoms with E-state index in [0.29, 0.717) is 31.5 Å². The summed E-state index contributed by atoms with van der Waals surface area (Å²) in [6.07, 6.45) is -4.45. The minimum atomic E-state index is -5.04. The van der Waals surface area contributed by atoms with Crippen molar-refractivity contribution in [3.63, 3.8) is 0 Å². The predicted molar refractivity (Wildman–Crippen MR) is 90.9 cm³/mol. The third kappa shape index (κ3) is 5.83. The van der Waals surface area contributed by atoms with Crippen molar-refractivity contribution in [1.82, 2.24) is 4.90 Å². The molecule has 1 saturated heterocycles. The van der Waals surface area contributed by atoms with Crippen molar-refractivity contribution < 1.29 is 31.9 Å². The van der Waals surface area contributed by atoms with Crippen LogP contribution in [0.2, 0.25) is 0 Å². The second-order valence-electron chi connectivity index (χ2n) is 7.43. The number of nitrogens with zero attached hydrogens (tertiary/aromatic N) is 1. The van der Waals surface area contributed by atoms with Crippen molar-refractivity contribution >= 4 is 17.7 Å². The van der Waals surface area contributed by atoms with Crippen LogP contribution in [0.3, 0.4) is 0 Å². The third-order valence-electron chi connectivity index (χ3n) is 4.10. The number of hydrogen-bond acceptors (Lipinski definition) is 3. The summed E-state index contributed by atoms with van der Waals surface area (Å²) in [7, 11) is 0. The number of rotatable bonds is 2. The number of alkyl halides is 3. The van der Waals surface area contributed by atoms with Crippen LogP contribution in [-0.2, 0) is 9.53 Å².